The first kappa shape index (κ1) is 27.4. The lowest BCUT2D eigenvalue weighted by atomic mass is 10.0. The first-order valence-electron chi connectivity index (χ1n) is 12.3. The van der Waals surface area contributed by atoms with Crippen LogP contribution in [0.5, 0.6) is 5.75 Å². The predicted octanol–water partition coefficient (Wildman–Crippen LogP) is 3.80. The standard InChI is InChI=1S/C26H38N2O6/c1-2-3-4-6-12-19(13-7-5-8-17-23(30)24(27)31)34-26(33)21-15-11-18-28(21)25(32)20-14-9-10-16-22(20)29/h9-11,14,16,18-19,21,23,29-30H,2-8,12-13,15,17H2,1H3,(H2,27,31)/t19-,21+,23-/m1/s1. The van der Waals surface area contributed by atoms with Gasteiger partial charge in [0.15, 0.2) is 0 Å². The summed E-state index contributed by atoms with van der Waals surface area (Å²) in [6.07, 6.45) is 10.6. The van der Waals surface area contributed by atoms with Crippen molar-refractivity contribution in [1.82, 2.24) is 4.90 Å². The third-order valence-corrected chi connectivity index (χ3v) is 6.10. The number of hydrogen-bond acceptors (Lipinski definition) is 6. The Balaban J connectivity index is 1.93. The maximum Gasteiger partial charge on any atom is 0.329 e. The van der Waals surface area contributed by atoms with Gasteiger partial charge in [0.1, 0.15) is 24.0 Å². The molecule has 1 aliphatic heterocycles. The van der Waals surface area contributed by atoms with Crippen LogP contribution in [0.2, 0.25) is 0 Å². The van der Waals surface area contributed by atoms with E-state index in [4.69, 9.17) is 10.5 Å². The van der Waals surface area contributed by atoms with E-state index in [1.54, 1.807) is 24.4 Å². The molecule has 0 aromatic heterocycles. The van der Waals surface area contributed by atoms with Crippen LogP contribution < -0.4 is 5.73 Å². The van der Waals surface area contributed by atoms with Gasteiger partial charge in [-0.25, -0.2) is 4.79 Å². The minimum Gasteiger partial charge on any atom is -0.507 e. The maximum atomic E-state index is 13.0. The van der Waals surface area contributed by atoms with Crippen LogP contribution in [0, 0.1) is 0 Å². The van der Waals surface area contributed by atoms with Gasteiger partial charge < -0.3 is 25.6 Å². The van der Waals surface area contributed by atoms with Crippen LogP contribution >= 0.6 is 0 Å². The topological polar surface area (TPSA) is 130 Å². The number of benzene rings is 1. The Labute approximate surface area is 201 Å². The minimum absolute atomic E-state index is 0.129. The quantitative estimate of drug-likeness (QED) is 0.262. The fourth-order valence-electron chi connectivity index (χ4n) is 4.07. The molecule has 0 saturated heterocycles. The van der Waals surface area contributed by atoms with Gasteiger partial charge in [0.05, 0.1) is 5.56 Å². The molecule has 2 rings (SSSR count). The van der Waals surface area contributed by atoms with Gasteiger partial charge in [-0.3, -0.25) is 9.59 Å². The normalized spacial score (nSPS) is 16.9. The van der Waals surface area contributed by atoms with Gasteiger partial charge in [0, 0.05) is 6.20 Å². The molecule has 0 spiro atoms. The molecular formula is C26H38N2O6. The van der Waals surface area contributed by atoms with E-state index in [-0.39, 0.29) is 17.4 Å². The third kappa shape index (κ3) is 8.48. The Morgan fingerprint density at radius 2 is 1.71 bits per heavy atom. The number of aliphatic hydroxyl groups excluding tert-OH is 1. The van der Waals surface area contributed by atoms with E-state index in [0.29, 0.717) is 25.7 Å². The number of esters is 1. The Morgan fingerprint density at radius 3 is 2.35 bits per heavy atom. The first-order chi connectivity index (χ1) is 16.3. The van der Waals surface area contributed by atoms with Crippen LogP contribution in [0.1, 0.15) is 87.9 Å². The van der Waals surface area contributed by atoms with Crippen molar-refractivity contribution in [1.29, 1.82) is 0 Å². The molecule has 0 saturated carbocycles. The first-order valence-corrected chi connectivity index (χ1v) is 12.3. The number of phenols is 1. The zero-order valence-electron chi connectivity index (χ0n) is 20.0. The molecule has 188 valence electrons. The van der Waals surface area contributed by atoms with E-state index >= 15 is 0 Å². The van der Waals surface area contributed by atoms with Crippen LogP contribution in [0.3, 0.4) is 0 Å². The van der Waals surface area contributed by atoms with Crippen molar-refractivity contribution >= 4 is 17.8 Å². The molecule has 0 fully saturated rings. The second-order valence-electron chi connectivity index (χ2n) is 8.83. The van der Waals surface area contributed by atoms with E-state index in [0.717, 1.165) is 44.9 Å². The maximum absolute atomic E-state index is 13.0. The number of aliphatic hydroxyl groups is 1. The highest BCUT2D eigenvalue weighted by Crippen LogP contribution is 2.25. The fraction of sp³-hybridized carbons (Fsp3) is 0.577. The molecule has 0 aliphatic carbocycles. The van der Waals surface area contributed by atoms with Crippen molar-refractivity contribution in [2.45, 2.75) is 95.8 Å². The molecule has 8 heteroatoms. The number of ether oxygens (including phenoxy) is 1. The number of para-hydroxylation sites is 1. The summed E-state index contributed by atoms with van der Waals surface area (Å²) in [6, 6.07) is 5.51. The highest BCUT2D eigenvalue weighted by molar-refractivity contribution is 6.00. The average molecular weight is 475 g/mol. The van der Waals surface area contributed by atoms with Gasteiger partial charge in [-0.2, -0.15) is 0 Å². The van der Waals surface area contributed by atoms with Gasteiger partial charge >= 0.3 is 5.97 Å². The number of amides is 2. The molecule has 1 aromatic carbocycles. The Kier molecular flexibility index (Phi) is 11.6. The number of unbranched alkanes of at least 4 members (excludes halogenated alkanes) is 5. The van der Waals surface area contributed by atoms with Crippen LogP contribution in [-0.2, 0) is 14.3 Å². The molecule has 0 bridgehead atoms. The lowest BCUT2D eigenvalue weighted by Crippen LogP contribution is -2.41. The predicted molar refractivity (Wildman–Crippen MR) is 129 cm³/mol. The van der Waals surface area contributed by atoms with Crippen molar-refractivity contribution in [3.05, 3.63) is 42.1 Å². The summed E-state index contributed by atoms with van der Waals surface area (Å²) in [7, 11) is 0. The van der Waals surface area contributed by atoms with Gasteiger partial charge in [0.25, 0.3) is 5.91 Å². The van der Waals surface area contributed by atoms with E-state index in [2.05, 4.69) is 6.92 Å². The summed E-state index contributed by atoms with van der Waals surface area (Å²) < 4.78 is 5.87. The molecule has 0 radical (unpaired) electrons. The van der Waals surface area contributed by atoms with E-state index in [1.165, 1.54) is 17.0 Å². The van der Waals surface area contributed by atoms with Crippen molar-refractivity contribution in [2.24, 2.45) is 5.73 Å². The number of phenolic OH excluding ortho intramolecular Hbond substituents is 1. The number of nitrogens with two attached hydrogens (primary N) is 1. The molecule has 34 heavy (non-hydrogen) atoms. The number of hydrogen-bond donors (Lipinski definition) is 3. The van der Waals surface area contributed by atoms with Gasteiger partial charge in [0.2, 0.25) is 5.91 Å². The lowest BCUT2D eigenvalue weighted by Gasteiger charge is -2.26. The van der Waals surface area contributed by atoms with Crippen LogP contribution in [-0.4, -0.2) is 51.1 Å². The zero-order valence-corrected chi connectivity index (χ0v) is 20.0. The zero-order chi connectivity index (χ0) is 24.9. The molecule has 1 heterocycles. The third-order valence-electron chi connectivity index (χ3n) is 6.10. The van der Waals surface area contributed by atoms with Gasteiger partial charge in [-0.1, -0.05) is 57.2 Å². The molecule has 8 nitrogen and oxygen atoms in total. The Morgan fingerprint density at radius 1 is 1.06 bits per heavy atom. The molecule has 0 unspecified atom stereocenters. The van der Waals surface area contributed by atoms with Crippen molar-refractivity contribution in [2.75, 3.05) is 0 Å². The summed E-state index contributed by atoms with van der Waals surface area (Å²) in [6.45, 7) is 2.14. The number of carbonyl (C=O) groups is 3. The fourth-order valence-corrected chi connectivity index (χ4v) is 4.07. The van der Waals surface area contributed by atoms with Crippen molar-refractivity contribution < 1.29 is 29.3 Å². The monoisotopic (exact) mass is 474 g/mol. The molecule has 1 aromatic rings. The van der Waals surface area contributed by atoms with Crippen molar-refractivity contribution in [3.8, 4) is 5.75 Å². The molecule has 1 aliphatic rings. The average Bonchev–Trinajstić information content (AvgIpc) is 3.31. The lowest BCUT2D eigenvalue weighted by molar-refractivity contribution is -0.154. The van der Waals surface area contributed by atoms with Crippen molar-refractivity contribution in [3.63, 3.8) is 0 Å². The molecule has 2 amide bonds. The number of rotatable bonds is 15. The number of nitrogens with zero attached hydrogens (tertiary/aromatic N) is 1. The molecule has 3 atom stereocenters. The van der Waals surface area contributed by atoms with E-state index in [1.807, 2.05) is 0 Å². The second-order valence-corrected chi connectivity index (χ2v) is 8.83. The smallest absolute Gasteiger partial charge is 0.329 e. The highest BCUT2D eigenvalue weighted by Gasteiger charge is 2.34. The second kappa shape index (κ2) is 14.4. The van der Waals surface area contributed by atoms with Gasteiger partial charge in [-0.15, -0.1) is 0 Å². The molecular weight excluding hydrogens is 436 g/mol. The minimum atomic E-state index is -1.12. The Bertz CT molecular complexity index is 840. The highest BCUT2D eigenvalue weighted by atomic mass is 16.5. The SMILES string of the molecule is CCCCCC[C@H](CCCCC[C@@H](O)C(N)=O)OC(=O)[C@@H]1CC=CN1C(=O)c1ccccc1O. The number of primary amides is 1. The van der Waals surface area contributed by atoms with Crippen LogP contribution in [0.15, 0.2) is 36.5 Å². The summed E-state index contributed by atoms with van der Waals surface area (Å²) >= 11 is 0. The summed E-state index contributed by atoms with van der Waals surface area (Å²) in [5, 5.41) is 19.5. The Hall–Kier alpha value is -2.87. The summed E-state index contributed by atoms with van der Waals surface area (Å²) in [5.74, 6) is -1.73. The summed E-state index contributed by atoms with van der Waals surface area (Å²) in [5.41, 5.74) is 5.22. The number of aromatic hydroxyl groups is 1. The largest absolute Gasteiger partial charge is 0.507 e. The van der Waals surface area contributed by atoms with E-state index < -0.39 is 29.9 Å². The summed E-state index contributed by atoms with van der Waals surface area (Å²) in [4.78, 5) is 38.2. The molecule has 4 N–H and O–H groups in total. The van der Waals surface area contributed by atoms with E-state index in [9.17, 15) is 24.6 Å². The van der Waals surface area contributed by atoms with Crippen LogP contribution in [0.25, 0.3) is 0 Å². The van der Waals surface area contributed by atoms with Gasteiger partial charge in [-0.05, 0) is 50.7 Å². The van der Waals surface area contributed by atoms with Crippen LogP contribution in [0.4, 0.5) is 0 Å². The number of carbonyl (C=O) groups excluding carboxylic acids is 3.